The molecule has 0 aliphatic carbocycles. The van der Waals surface area contributed by atoms with Gasteiger partial charge in [0, 0.05) is 29.4 Å². The molecular formula is C25H25ClN4O2S. The van der Waals surface area contributed by atoms with Crippen molar-refractivity contribution in [1.29, 1.82) is 0 Å². The van der Waals surface area contributed by atoms with Crippen LogP contribution in [0.3, 0.4) is 0 Å². The number of nitrogens with two attached hydrogens (primary N) is 1. The number of fused-ring (bicyclic) bond motifs is 1. The van der Waals surface area contributed by atoms with Crippen molar-refractivity contribution in [3.63, 3.8) is 0 Å². The third-order valence-corrected chi connectivity index (χ3v) is 7.49. The van der Waals surface area contributed by atoms with Crippen LogP contribution in [0.2, 0.25) is 5.02 Å². The average molecular weight is 481 g/mol. The van der Waals surface area contributed by atoms with Gasteiger partial charge in [-0.15, -0.1) is 11.3 Å². The number of hydrogen-bond acceptors (Lipinski definition) is 5. The van der Waals surface area contributed by atoms with Crippen LogP contribution in [0, 0.1) is 0 Å². The van der Waals surface area contributed by atoms with Gasteiger partial charge in [-0.2, -0.15) is 0 Å². The van der Waals surface area contributed by atoms with Crippen molar-refractivity contribution in [2.45, 2.75) is 32.4 Å². The highest BCUT2D eigenvalue weighted by Gasteiger charge is 2.21. The number of carbonyl (C=O) groups excluding carboxylic acids is 1. The molecule has 33 heavy (non-hydrogen) atoms. The Balaban J connectivity index is 1.48. The Morgan fingerprint density at radius 2 is 2.03 bits per heavy atom. The molecule has 0 bridgehead atoms. The standard InChI is InChI=1S/C25H25ClN4O2S/c1-16(18-6-2-3-7-19(18)26)32-21-12-22(33-24(21)25(27)31)20-13-28-23-9-8-17(15-30(20)23)14-29-10-4-5-11-29/h2-3,6-9,12-13,15-16H,4-5,10-11,14H2,1H3,(H2,27,31). The van der Waals surface area contributed by atoms with Crippen LogP contribution >= 0.6 is 22.9 Å². The maximum Gasteiger partial charge on any atom is 0.262 e. The van der Waals surface area contributed by atoms with Crippen molar-refractivity contribution < 1.29 is 9.53 Å². The first-order chi connectivity index (χ1) is 16.0. The number of ether oxygens (including phenoxy) is 1. The number of imidazole rings is 1. The fourth-order valence-electron chi connectivity index (χ4n) is 4.32. The molecule has 1 aliphatic heterocycles. The first-order valence-electron chi connectivity index (χ1n) is 11.0. The van der Waals surface area contributed by atoms with E-state index in [9.17, 15) is 4.79 Å². The first kappa shape index (κ1) is 21.9. The van der Waals surface area contributed by atoms with Crippen LogP contribution in [0.25, 0.3) is 16.2 Å². The Bertz CT molecular complexity index is 1310. The molecule has 1 aliphatic rings. The molecule has 170 valence electrons. The second-order valence-electron chi connectivity index (χ2n) is 8.34. The van der Waals surface area contributed by atoms with Gasteiger partial charge >= 0.3 is 0 Å². The number of benzene rings is 1. The minimum absolute atomic E-state index is 0.339. The summed E-state index contributed by atoms with van der Waals surface area (Å²) in [5.41, 5.74) is 9.54. The highest BCUT2D eigenvalue weighted by Crippen LogP contribution is 2.39. The fraction of sp³-hybridized carbons (Fsp3) is 0.280. The predicted molar refractivity (Wildman–Crippen MR) is 132 cm³/mol. The number of rotatable bonds is 7. The van der Waals surface area contributed by atoms with Gasteiger partial charge in [0.05, 0.1) is 16.8 Å². The second kappa shape index (κ2) is 9.17. The predicted octanol–water partition coefficient (Wildman–Crippen LogP) is 5.55. The topological polar surface area (TPSA) is 72.9 Å². The Morgan fingerprint density at radius 3 is 2.79 bits per heavy atom. The molecule has 1 unspecified atom stereocenters. The third-order valence-electron chi connectivity index (χ3n) is 5.99. The lowest BCUT2D eigenvalue weighted by Crippen LogP contribution is -2.18. The van der Waals surface area contributed by atoms with E-state index in [1.165, 1.54) is 29.7 Å². The molecule has 2 N–H and O–H groups in total. The van der Waals surface area contributed by atoms with Crippen LogP contribution in [0.1, 0.15) is 46.7 Å². The quantitative estimate of drug-likeness (QED) is 0.376. The SMILES string of the molecule is CC(Oc1cc(-c2cnc3ccc(CN4CCCC4)cn23)sc1C(N)=O)c1ccccc1Cl. The molecule has 4 aromatic rings. The van der Waals surface area contributed by atoms with E-state index in [1.54, 1.807) is 0 Å². The van der Waals surface area contributed by atoms with Gasteiger partial charge in [0.2, 0.25) is 0 Å². The van der Waals surface area contributed by atoms with Crippen molar-refractivity contribution in [3.05, 3.63) is 75.9 Å². The van der Waals surface area contributed by atoms with E-state index in [4.69, 9.17) is 22.1 Å². The minimum atomic E-state index is -0.517. The molecule has 1 saturated heterocycles. The van der Waals surface area contributed by atoms with Gasteiger partial charge in [-0.05, 0) is 50.6 Å². The summed E-state index contributed by atoms with van der Waals surface area (Å²) in [6, 6.07) is 13.6. The van der Waals surface area contributed by atoms with E-state index >= 15 is 0 Å². The zero-order chi connectivity index (χ0) is 22.9. The van der Waals surface area contributed by atoms with Crippen molar-refractivity contribution in [1.82, 2.24) is 14.3 Å². The van der Waals surface area contributed by atoms with E-state index in [2.05, 4.69) is 26.5 Å². The number of pyridine rings is 1. The van der Waals surface area contributed by atoms with Crippen LogP contribution in [-0.4, -0.2) is 33.3 Å². The number of likely N-dealkylation sites (tertiary alicyclic amines) is 1. The van der Waals surface area contributed by atoms with Crippen molar-refractivity contribution in [2.75, 3.05) is 13.1 Å². The summed E-state index contributed by atoms with van der Waals surface area (Å²) in [5.74, 6) is -0.0609. The highest BCUT2D eigenvalue weighted by atomic mass is 35.5. The Hall–Kier alpha value is -2.87. The number of nitrogens with zero attached hydrogens (tertiary/aromatic N) is 3. The monoisotopic (exact) mass is 480 g/mol. The number of halogens is 1. The molecule has 1 fully saturated rings. The molecular weight excluding hydrogens is 456 g/mol. The maximum atomic E-state index is 12.2. The molecule has 1 amide bonds. The van der Waals surface area contributed by atoms with Crippen LogP contribution in [-0.2, 0) is 6.54 Å². The summed E-state index contributed by atoms with van der Waals surface area (Å²) < 4.78 is 8.24. The molecule has 4 heterocycles. The van der Waals surface area contributed by atoms with Gasteiger partial charge in [-0.25, -0.2) is 4.98 Å². The molecule has 0 spiro atoms. The lowest BCUT2D eigenvalue weighted by atomic mass is 10.1. The summed E-state index contributed by atoms with van der Waals surface area (Å²) in [4.78, 5) is 20.5. The Morgan fingerprint density at radius 1 is 1.24 bits per heavy atom. The summed E-state index contributed by atoms with van der Waals surface area (Å²) in [6.45, 7) is 5.12. The molecule has 6 nitrogen and oxygen atoms in total. The van der Waals surface area contributed by atoms with E-state index in [-0.39, 0.29) is 6.10 Å². The number of primary amides is 1. The fourth-order valence-corrected chi connectivity index (χ4v) is 5.56. The van der Waals surface area contributed by atoms with E-state index in [1.807, 2.05) is 49.5 Å². The van der Waals surface area contributed by atoms with Crippen molar-refractivity contribution >= 4 is 34.5 Å². The van der Waals surface area contributed by atoms with Gasteiger partial charge in [-0.3, -0.25) is 14.1 Å². The van der Waals surface area contributed by atoms with Crippen molar-refractivity contribution in [2.24, 2.45) is 5.73 Å². The Kier molecular flexibility index (Phi) is 6.10. The van der Waals surface area contributed by atoms with Gasteiger partial charge in [0.1, 0.15) is 22.4 Å². The second-order valence-corrected chi connectivity index (χ2v) is 9.80. The minimum Gasteiger partial charge on any atom is -0.484 e. The molecule has 0 saturated carbocycles. The Labute approximate surface area is 201 Å². The molecule has 1 aromatic carbocycles. The number of amides is 1. The van der Waals surface area contributed by atoms with Crippen molar-refractivity contribution in [3.8, 4) is 16.3 Å². The normalized spacial score (nSPS) is 15.2. The number of carbonyl (C=O) groups is 1. The summed E-state index contributed by atoms with van der Waals surface area (Å²) in [7, 11) is 0. The van der Waals surface area contributed by atoms with Gasteiger partial charge < -0.3 is 10.5 Å². The lowest BCUT2D eigenvalue weighted by Gasteiger charge is -2.16. The zero-order valence-electron chi connectivity index (χ0n) is 18.3. The van der Waals surface area contributed by atoms with E-state index in [0.717, 1.165) is 41.4 Å². The van der Waals surface area contributed by atoms with Crippen LogP contribution in [0.4, 0.5) is 0 Å². The van der Waals surface area contributed by atoms with E-state index in [0.29, 0.717) is 15.6 Å². The molecule has 3 aromatic heterocycles. The molecule has 5 rings (SSSR count). The summed E-state index contributed by atoms with van der Waals surface area (Å²) in [5, 5.41) is 0.619. The largest absolute Gasteiger partial charge is 0.484 e. The summed E-state index contributed by atoms with van der Waals surface area (Å²) in [6.07, 6.45) is 6.14. The number of thiophene rings is 1. The van der Waals surface area contributed by atoms with Gasteiger partial charge in [0.15, 0.2) is 0 Å². The number of aromatic nitrogens is 2. The van der Waals surface area contributed by atoms with E-state index < -0.39 is 5.91 Å². The van der Waals surface area contributed by atoms with Crippen LogP contribution in [0.15, 0.2) is 54.9 Å². The smallest absolute Gasteiger partial charge is 0.262 e. The molecule has 0 radical (unpaired) electrons. The zero-order valence-corrected chi connectivity index (χ0v) is 19.9. The van der Waals surface area contributed by atoms with Crippen LogP contribution in [0.5, 0.6) is 5.75 Å². The third kappa shape index (κ3) is 4.49. The maximum absolute atomic E-state index is 12.2. The highest BCUT2D eigenvalue weighted by molar-refractivity contribution is 7.17. The summed E-state index contributed by atoms with van der Waals surface area (Å²) >= 11 is 7.65. The molecule has 8 heteroatoms. The van der Waals surface area contributed by atoms with Gasteiger partial charge in [0.25, 0.3) is 5.91 Å². The lowest BCUT2D eigenvalue weighted by molar-refractivity contribution is 0.0998. The molecule has 1 atom stereocenters. The average Bonchev–Trinajstić information content (AvgIpc) is 3.53. The van der Waals surface area contributed by atoms with Crippen LogP contribution < -0.4 is 10.5 Å². The van der Waals surface area contributed by atoms with Gasteiger partial charge in [-0.1, -0.05) is 35.9 Å². The number of hydrogen-bond donors (Lipinski definition) is 1. The first-order valence-corrected chi connectivity index (χ1v) is 12.2.